The van der Waals surface area contributed by atoms with Crippen LogP contribution in [0.2, 0.25) is 0 Å². The third-order valence-corrected chi connectivity index (χ3v) is 5.59. The van der Waals surface area contributed by atoms with Gasteiger partial charge in [0.2, 0.25) is 5.91 Å². The molecular formula is C24H22N4OS. The van der Waals surface area contributed by atoms with Crippen LogP contribution in [0.3, 0.4) is 0 Å². The number of thioether (sulfide) groups is 1. The molecule has 4 aromatic rings. The molecule has 5 nitrogen and oxygen atoms in total. The van der Waals surface area contributed by atoms with Crippen LogP contribution in [0.25, 0.3) is 17.1 Å². The number of amides is 1. The second kappa shape index (κ2) is 9.41. The van der Waals surface area contributed by atoms with Crippen LogP contribution in [0.5, 0.6) is 0 Å². The van der Waals surface area contributed by atoms with Gasteiger partial charge < -0.3 is 5.32 Å². The van der Waals surface area contributed by atoms with Gasteiger partial charge in [-0.1, -0.05) is 79.3 Å². The first kappa shape index (κ1) is 19.9. The molecule has 1 amide bonds. The summed E-state index contributed by atoms with van der Waals surface area (Å²) in [6, 6.07) is 27.8. The highest BCUT2D eigenvalue weighted by Crippen LogP contribution is 2.27. The Hall–Kier alpha value is -3.38. The summed E-state index contributed by atoms with van der Waals surface area (Å²) in [5.41, 5.74) is 3.97. The monoisotopic (exact) mass is 414 g/mol. The van der Waals surface area contributed by atoms with Crippen LogP contribution in [0.4, 0.5) is 5.69 Å². The summed E-state index contributed by atoms with van der Waals surface area (Å²) in [4.78, 5) is 12.5. The maximum absolute atomic E-state index is 12.5. The zero-order chi connectivity index (χ0) is 20.8. The Morgan fingerprint density at radius 3 is 2.23 bits per heavy atom. The SMILES string of the molecule is CCc1ccc(NC(=O)CSc2nnc(-c3ccccc3)n2-c2ccccc2)cc1. The summed E-state index contributed by atoms with van der Waals surface area (Å²) in [5.74, 6) is 0.919. The molecule has 1 N–H and O–H groups in total. The number of anilines is 1. The normalized spacial score (nSPS) is 10.7. The van der Waals surface area contributed by atoms with Crippen LogP contribution in [0.1, 0.15) is 12.5 Å². The molecule has 0 saturated heterocycles. The lowest BCUT2D eigenvalue weighted by Gasteiger charge is -2.10. The predicted molar refractivity (Wildman–Crippen MR) is 122 cm³/mol. The average molecular weight is 415 g/mol. The molecule has 150 valence electrons. The quantitative estimate of drug-likeness (QED) is 0.421. The molecule has 1 aromatic heterocycles. The highest BCUT2D eigenvalue weighted by atomic mass is 32.2. The summed E-state index contributed by atoms with van der Waals surface area (Å²) < 4.78 is 1.99. The van der Waals surface area contributed by atoms with E-state index in [1.165, 1.54) is 17.3 Å². The molecule has 6 heteroatoms. The van der Waals surface area contributed by atoms with Crippen molar-refractivity contribution in [1.29, 1.82) is 0 Å². The first-order valence-electron chi connectivity index (χ1n) is 9.82. The smallest absolute Gasteiger partial charge is 0.234 e. The van der Waals surface area contributed by atoms with Crippen molar-refractivity contribution in [3.63, 3.8) is 0 Å². The standard InChI is InChI=1S/C24H22N4OS/c1-2-18-13-15-20(16-14-18)25-22(29)17-30-24-27-26-23(19-9-5-3-6-10-19)28(24)21-11-7-4-8-12-21/h3-16H,2,17H2,1H3,(H,25,29). The fourth-order valence-electron chi connectivity index (χ4n) is 3.10. The molecule has 30 heavy (non-hydrogen) atoms. The van der Waals surface area contributed by atoms with Crippen molar-refractivity contribution in [3.8, 4) is 17.1 Å². The van der Waals surface area contributed by atoms with Gasteiger partial charge in [0.05, 0.1) is 5.75 Å². The highest BCUT2D eigenvalue weighted by Gasteiger charge is 2.17. The first-order chi connectivity index (χ1) is 14.7. The number of aromatic nitrogens is 3. The van der Waals surface area contributed by atoms with E-state index in [0.29, 0.717) is 5.16 Å². The molecule has 0 fully saturated rings. The Balaban J connectivity index is 1.54. The zero-order valence-corrected chi connectivity index (χ0v) is 17.5. The summed E-state index contributed by atoms with van der Waals surface area (Å²) >= 11 is 1.37. The van der Waals surface area contributed by atoms with E-state index < -0.39 is 0 Å². The number of nitrogens with zero attached hydrogens (tertiary/aromatic N) is 3. The predicted octanol–water partition coefficient (Wildman–Crippen LogP) is 5.23. The molecule has 0 aliphatic carbocycles. The fraction of sp³-hybridized carbons (Fsp3) is 0.125. The van der Waals surface area contributed by atoms with E-state index in [-0.39, 0.29) is 11.7 Å². The molecule has 0 bridgehead atoms. The summed E-state index contributed by atoms with van der Waals surface area (Å²) in [7, 11) is 0. The Bertz CT molecular complexity index is 1110. The highest BCUT2D eigenvalue weighted by molar-refractivity contribution is 7.99. The zero-order valence-electron chi connectivity index (χ0n) is 16.7. The van der Waals surface area contributed by atoms with E-state index in [1.807, 2.05) is 89.5 Å². The lowest BCUT2D eigenvalue weighted by molar-refractivity contribution is -0.113. The van der Waals surface area contributed by atoms with Crippen molar-refractivity contribution in [2.75, 3.05) is 11.1 Å². The van der Waals surface area contributed by atoms with Crippen LogP contribution in [0, 0.1) is 0 Å². The van der Waals surface area contributed by atoms with E-state index in [0.717, 1.165) is 29.2 Å². The molecule has 0 spiro atoms. The van der Waals surface area contributed by atoms with Gasteiger partial charge in [-0.2, -0.15) is 0 Å². The molecule has 0 unspecified atom stereocenters. The maximum Gasteiger partial charge on any atom is 0.234 e. The molecule has 0 aliphatic heterocycles. The van der Waals surface area contributed by atoms with E-state index in [4.69, 9.17) is 0 Å². The number of carbonyl (C=O) groups excluding carboxylic acids is 1. The minimum Gasteiger partial charge on any atom is -0.325 e. The van der Waals surface area contributed by atoms with Crippen molar-refractivity contribution < 1.29 is 4.79 Å². The van der Waals surface area contributed by atoms with Crippen LogP contribution in [-0.4, -0.2) is 26.4 Å². The number of nitrogens with one attached hydrogen (secondary N) is 1. The number of hydrogen-bond donors (Lipinski definition) is 1. The van der Waals surface area contributed by atoms with Crippen molar-refractivity contribution in [2.24, 2.45) is 0 Å². The van der Waals surface area contributed by atoms with Gasteiger partial charge in [0, 0.05) is 16.9 Å². The Labute approximate surface area is 180 Å². The molecule has 4 rings (SSSR count). The van der Waals surface area contributed by atoms with Crippen LogP contribution in [0.15, 0.2) is 90.1 Å². The van der Waals surface area contributed by atoms with E-state index >= 15 is 0 Å². The molecular weight excluding hydrogens is 392 g/mol. The van der Waals surface area contributed by atoms with E-state index in [1.54, 1.807) is 0 Å². The largest absolute Gasteiger partial charge is 0.325 e. The van der Waals surface area contributed by atoms with Gasteiger partial charge in [-0.05, 0) is 36.2 Å². The Morgan fingerprint density at radius 1 is 0.900 bits per heavy atom. The molecule has 3 aromatic carbocycles. The number of para-hydroxylation sites is 1. The summed E-state index contributed by atoms with van der Waals surface area (Å²) in [6.07, 6.45) is 0.975. The Kier molecular flexibility index (Phi) is 6.25. The van der Waals surface area contributed by atoms with Crippen LogP contribution < -0.4 is 5.32 Å². The van der Waals surface area contributed by atoms with Crippen molar-refractivity contribution in [3.05, 3.63) is 90.5 Å². The third kappa shape index (κ3) is 4.60. The number of hydrogen-bond acceptors (Lipinski definition) is 4. The van der Waals surface area contributed by atoms with Crippen molar-refractivity contribution in [1.82, 2.24) is 14.8 Å². The van der Waals surface area contributed by atoms with E-state index in [9.17, 15) is 4.79 Å². The van der Waals surface area contributed by atoms with Gasteiger partial charge >= 0.3 is 0 Å². The van der Waals surface area contributed by atoms with Gasteiger partial charge in [0.1, 0.15) is 0 Å². The third-order valence-electron chi connectivity index (χ3n) is 4.66. The number of rotatable bonds is 7. The first-order valence-corrected chi connectivity index (χ1v) is 10.8. The number of aryl methyl sites for hydroxylation is 1. The maximum atomic E-state index is 12.5. The number of carbonyl (C=O) groups is 1. The lowest BCUT2D eigenvalue weighted by atomic mass is 10.1. The minimum absolute atomic E-state index is 0.0758. The topological polar surface area (TPSA) is 59.8 Å². The van der Waals surface area contributed by atoms with Crippen molar-refractivity contribution >= 4 is 23.4 Å². The average Bonchev–Trinajstić information content (AvgIpc) is 3.23. The summed E-state index contributed by atoms with van der Waals surface area (Å²) in [6.45, 7) is 2.11. The molecule has 0 radical (unpaired) electrons. The van der Waals surface area contributed by atoms with Gasteiger partial charge in [-0.3, -0.25) is 9.36 Å². The second-order valence-electron chi connectivity index (χ2n) is 6.73. The molecule has 0 saturated carbocycles. The lowest BCUT2D eigenvalue weighted by Crippen LogP contribution is -2.14. The van der Waals surface area contributed by atoms with E-state index in [2.05, 4.69) is 22.4 Å². The number of benzene rings is 3. The van der Waals surface area contributed by atoms with Crippen LogP contribution >= 0.6 is 11.8 Å². The van der Waals surface area contributed by atoms with Gasteiger partial charge in [-0.15, -0.1) is 10.2 Å². The van der Waals surface area contributed by atoms with Gasteiger partial charge in [0.25, 0.3) is 0 Å². The minimum atomic E-state index is -0.0758. The van der Waals surface area contributed by atoms with Crippen molar-refractivity contribution in [2.45, 2.75) is 18.5 Å². The van der Waals surface area contributed by atoms with Crippen LogP contribution in [-0.2, 0) is 11.2 Å². The van der Waals surface area contributed by atoms with Gasteiger partial charge in [-0.25, -0.2) is 0 Å². The second-order valence-corrected chi connectivity index (χ2v) is 7.67. The Morgan fingerprint density at radius 2 is 1.57 bits per heavy atom. The molecule has 1 heterocycles. The molecule has 0 aliphatic rings. The summed E-state index contributed by atoms with van der Waals surface area (Å²) in [5, 5.41) is 12.4. The van der Waals surface area contributed by atoms with Gasteiger partial charge in [0.15, 0.2) is 11.0 Å². The fourth-order valence-corrected chi connectivity index (χ4v) is 3.85. The molecule has 0 atom stereocenters.